The molecule has 9 nitrogen and oxygen atoms in total. The summed E-state index contributed by atoms with van der Waals surface area (Å²) in [5.74, 6) is -0.338. The maximum atomic E-state index is 12.9. The van der Waals surface area contributed by atoms with Gasteiger partial charge in [-0.25, -0.2) is 18.3 Å². The number of anilines is 2. The van der Waals surface area contributed by atoms with E-state index in [0.717, 1.165) is 11.8 Å². The van der Waals surface area contributed by atoms with Gasteiger partial charge in [0.2, 0.25) is 5.91 Å². The van der Waals surface area contributed by atoms with Crippen LogP contribution in [0.4, 0.5) is 11.4 Å². The summed E-state index contributed by atoms with van der Waals surface area (Å²) in [6, 6.07) is 14.8. The van der Waals surface area contributed by atoms with E-state index in [1.165, 1.54) is 28.1 Å². The number of carbonyl (C=O) groups is 1. The topological polar surface area (TPSA) is 117 Å². The Morgan fingerprint density at radius 2 is 1.93 bits per heavy atom. The summed E-state index contributed by atoms with van der Waals surface area (Å²) in [5.41, 5.74) is 0.519. The normalized spacial score (nSPS) is 11.2. The van der Waals surface area contributed by atoms with Gasteiger partial charge in [0.1, 0.15) is 0 Å². The van der Waals surface area contributed by atoms with Gasteiger partial charge in [0.05, 0.1) is 16.3 Å². The number of nitrogens with one attached hydrogen (secondary N) is 2. The number of aromatic nitrogens is 3. The average Bonchev–Trinajstić information content (AvgIpc) is 3.04. The molecule has 0 radical (unpaired) electrons. The Morgan fingerprint density at radius 3 is 2.59 bits per heavy atom. The molecule has 0 unspecified atom stereocenters. The van der Waals surface area contributed by atoms with Crippen molar-refractivity contribution in [1.29, 1.82) is 0 Å². The number of rotatable bonds is 7. The number of carbonyl (C=O) groups excluding carboxylic acids is 1. The molecule has 1 heterocycles. The smallest absolute Gasteiger partial charge is 0.325 e. The van der Waals surface area contributed by atoms with E-state index in [0.29, 0.717) is 16.5 Å². The highest BCUT2D eigenvalue weighted by Gasteiger charge is 2.21. The number of para-hydroxylation sites is 1. The van der Waals surface area contributed by atoms with E-state index in [4.69, 9.17) is 0 Å². The highest BCUT2D eigenvalue weighted by Crippen LogP contribution is 2.24. The number of nitrogens with zero attached hydrogens (tertiary/aromatic N) is 3. The number of thioether (sulfide) groups is 1. The van der Waals surface area contributed by atoms with Crippen molar-refractivity contribution in [3.8, 4) is 0 Å². The molecule has 2 aromatic carbocycles. The molecule has 0 aliphatic carbocycles. The molecule has 11 heteroatoms. The zero-order valence-electron chi connectivity index (χ0n) is 15.7. The Morgan fingerprint density at radius 1 is 1.21 bits per heavy atom. The van der Waals surface area contributed by atoms with E-state index in [2.05, 4.69) is 15.5 Å². The van der Waals surface area contributed by atoms with Crippen LogP contribution in [0.15, 0.2) is 69.4 Å². The zero-order chi connectivity index (χ0) is 21.0. The van der Waals surface area contributed by atoms with Gasteiger partial charge in [0, 0.05) is 19.8 Å². The molecule has 3 aromatic rings. The average molecular weight is 434 g/mol. The van der Waals surface area contributed by atoms with E-state index < -0.39 is 10.0 Å². The molecular weight excluding hydrogens is 414 g/mol. The second-order valence-corrected chi connectivity index (χ2v) is 8.95. The van der Waals surface area contributed by atoms with Crippen molar-refractivity contribution in [2.75, 3.05) is 22.4 Å². The Bertz CT molecular complexity index is 1170. The molecular formula is C18H19N5O4S2. The Labute approximate surface area is 171 Å². The van der Waals surface area contributed by atoms with Crippen molar-refractivity contribution in [1.82, 2.24) is 14.8 Å². The first kappa shape index (κ1) is 20.7. The lowest BCUT2D eigenvalue weighted by Gasteiger charge is -2.19. The van der Waals surface area contributed by atoms with Gasteiger partial charge in [-0.05, 0) is 30.3 Å². The molecule has 0 spiro atoms. The molecule has 1 amide bonds. The zero-order valence-corrected chi connectivity index (χ0v) is 17.3. The second kappa shape index (κ2) is 8.53. The summed E-state index contributed by atoms with van der Waals surface area (Å²) in [6.45, 7) is 0. The lowest BCUT2D eigenvalue weighted by Crippen LogP contribution is -2.26. The summed E-state index contributed by atoms with van der Waals surface area (Å²) in [5, 5.41) is 9.15. The molecule has 0 saturated heterocycles. The number of hydrogen-bond donors (Lipinski definition) is 2. The van der Waals surface area contributed by atoms with Crippen LogP contribution in [-0.4, -0.2) is 41.9 Å². The number of amides is 1. The number of hydrogen-bond acceptors (Lipinski definition) is 6. The fourth-order valence-corrected chi connectivity index (χ4v) is 4.42. The van der Waals surface area contributed by atoms with E-state index in [1.54, 1.807) is 49.5 Å². The first-order chi connectivity index (χ1) is 13.8. The number of benzene rings is 2. The van der Waals surface area contributed by atoms with E-state index in [1.807, 2.05) is 0 Å². The third kappa shape index (κ3) is 4.69. The molecule has 0 atom stereocenters. The minimum Gasteiger partial charge on any atom is -0.325 e. The Balaban J connectivity index is 1.71. The summed E-state index contributed by atoms with van der Waals surface area (Å²) in [4.78, 5) is 23.6. The molecule has 0 aliphatic rings. The van der Waals surface area contributed by atoms with Crippen LogP contribution in [0.5, 0.6) is 0 Å². The van der Waals surface area contributed by atoms with Crippen LogP contribution in [-0.2, 0) is 21.9 Å². The molecule has 3 rings (SSSR count). The number of sulfonamides is 1. The minimum absolute atomic E-state index is 0.0129. The molecule has 2 N–H and O–H groups in total. The fraction of sp³-hybridized carbons (Fsp3) is 0.167. The molecule has 1 aromatic heterocycles. The van der Waals surface area contributed by atoms with Gasteiger partial charge in [-0.3, -0.25) is 13.7 Å². The van der Waals surface area contributed by atoms with Crippen LogP contribution in [0, 0.1) is 0 Å². The third-order valence-corrected chi connectivity index (χ3v) is 6.88. The van der Waals surface area contributed by atoms with Crippen molar-refractivity contribution in [2.24, 2.45) is 7.05 Å². The summed E-state index contributed by atoms with van der Waals surface area (Å²) in [7, 11) is -0.766. The molecule has 0 aliphatic heterocycles. The highest BCUT2D eigenvalue weighted by molar-refractivity contribution is 7.99. The van der Waals surface area contributed by atoms with Crippen LogP contribution in [0.3, 0.4) is 0 Å². The second-order valence-electron chi connectivity index (χ2n) is 6.04. The summed E-state index contributed by atoms with van der Waals surface area (Å²) < 4.78 is 28.3. The van der Waals surface area contributed by atoms with Crippen molar-refractivity contribution < 1.29 is 13.2 Å². The summed E-state index contributed by atoms with van der Waals surface area (Å²) >= 11 is 1.09. The van der Waals surface area contributed by atoms with Crippen LogP contribution >= 0.6 is 11.8 Å². The quantitative estimate of drug-likeness (QED) is 0.548. The Hall–Kier alpha value is -3.05. The van der Waals surface area contributed by atoms with Gasteiger partial charge in [-0.2, -0.15) is 0 Å². The van der Waals surface area contributed by atoms with E-state index >= 15 is 0 Å². The number of H-pyrrole nitrogens is 1. The first-order valence-electron chi connectivity index (χ1n) is 8.47. The summed E-state index contributed by atoms with van der Waals surface area (Å²) in [6.07, 6.45) is 0. The highest BCUT2D eigenvalue weighted by atomic mass is 32.2. The maximum Gasteiger partial charge on any atom is 0.343 e. The van der Waals surface area contributed by atoms with Gasteiger partial charge in [-0.15, -0.1) is 5.10 Å². The standard InChI is InChI=1S/C18H19N5O4S2/c1-22-17(25)20-21-18(22)28-12-16(24)19-13-7-6-10-15(11-13)29(26,27)23(2)14-8-4-3-5-9-14/h3-11H,12H2,1-2H3,(H,19,24)(H,20,25). The van der Waals surface area contributed by atoms with Crippen molar-refractivity contribution in [3.05, 3.63) is 65.1 Å². The number of aromatic amines is 1. The molecule has 152 valence electrons. The van der Waals surface area contributed by atoms with Crippen molar-refractivity contribution in [2.45, 2.75) is 10.1 Å². The largest absolute Gasteiger partial charge is 0.343 e. The maximum absolute atomic E-state index is 12.9. The van der Waals surface area contributed by atoms with Gasteiger partial charge in [0.15, 0.2) is 5.16 Å². The fourth-order valence-electron chi connectivity index (χ4n) is 2.46. The minimum atomic E-state index is -3.78. The SMILES string of the molecule is CN(c1ccccc1)S(=O)(=O)c1cccc(NC(=O)CSc2n[nH]c(=O)n2C)c1. The van der Waals surface area contributed by atoms with Gasteiger partial charge < -0.3 is 5.32 Å². The lowest BCUT2D eigenvalue weighted by molar-refractivity contribution is -0.113. The van der Waals surface area contributed by atoms with Crippen molar-refractivity contribution >= 4 is 39.1 Å². The first-order valence-corrected chi connectivity index (χ1v) is 10.9. The third-order valence-electron chi connectivity index (χ3n) is 4.07. The molecule has 0 bridgehead atoms. The predicted octanol–water partition coefficient (Wildman–Crippen LogP) is 1.66. The lowest BCUT2D eigenvalue weighted by atomic mass is 10.3. The predicted molar refractivity (Wildman–Crippen MR) is 112 cm³/mol. The molecule has 0 fully saturated rings. The van der Waals surface area contributed by atoms with Crippen LogP contribution in [0.25, 0.3) is 0 Å². The molecule has 0 saturated carbocycles. The Kier molecular flexibility index (Phi) is 6.09. The monoisotopic (exact) mass is 433 g/mol. The van der Waals surface area contributed by atoms with Crippen LogP contribution in [0.2, 0.25) is 0 Å². The van der Waals surface area contributed by atoms with Gasteiger partial charge in [0.25, 0.3) is 10.0 Å². The molecule has 29 heavy (non-hydrogen) atoms. The van der Waals surface area contributed by atoms with Crippen LogP contribution < -0.4 is 15.3 Å². The van der Waals surface area contributed by atoms with Crippen LogP contribution in [0.1, 0.15) is 0 Å². The van der Waals surface area contributed by atoms with E-state index in [9.17, 15) is 18.0 Å². The van der Waals surface area contributed by atoms with E-state index in [-0.39, 0.29) is 22.2 Å². The van der Waals surface area contributed by atoms with Gasteiger partial charge in [-0.1, -0.05) is 36.0 Å². The van der Waals surface area contributed by atoms with Gasteiger partial charge >= 0.3 is 5.69 Å². The van der Waals surface area contributed by atoms with Crippen molar-refractivity contribution in [3.63, 3.8) is 0 Å².